The fourth-order valence-corrected chi connectivity index (χ4v) is 2.47. The third kappa shape index (κ3) is 5.42. The van der Waals surface area contributed by atoms with Crippen molar-refractivity contribution in [1.29, 1.82) is 0 Å². The average Bonchev–Trinajstić information content (AvgIpc) is 2.71. The molecule has 0 unspecified atom stereocenters. The number of alkyl halides is 3. The Kier molecular flexibility index (Phi) is 6.05. The van der Waals surface area contributed by atoms with Crippen LogP contribution in [0.2, 0.25) is 0 Å². The molecule has 0 aromatic heterocycles. The van der Waals surface area contributed by atoms with Crippen LogP contribution in [0.1, 0.15) is 40.2 Å². The van der Waals surface area contributed by atoms with Gasteiger partial charge in [-0.15, -0.1) is 13.2 Å². The van der Waals surface area contributed by atoms with Crippen molar-refractivity contribution in [2.75, 3.05) is 6.54 Å². The maximum Gasteiger partial charge on any atom is 0.573 e. The first-order valence-corrected chi connectivity index (χ1v) is 8.59. The number of benzene rings is 1. The van der Waals surface area contributed by atoms with E-state index in [1.54, 1.807) is 0 Å². The molecular weight excluding hydrogens is 378 g/mol. The molecule has 0 aliphatic carbocycles. The topological polar surface area (TPSA) is 77.0 Å². The summed E-state index contributed by atoms with van der Waals surface area (Å²) in [4.78, 5) is 11.3. The van der Waals surface area contributed by atoms with Crippen molar-refractivity contribution < 1.29 is 37.1 Å². The first kappa shape index (κ1) is 22.1. The van der Waals surface area contributed by atoms with Gasteiger partial charge in [0.25, 0.3) is 0 Å². The van der Waals surface area contributed by atoms with Crippen molar-refractivity contribution >= 4 is 19.1 Å². The number of carbonyl (C=O) groups excluding carboxylic acids is 1. The number of nitrogens with one attached hydrogen (secondary N) is 1. The zero-order chi connectivity index (χ0) is 21.3. The van der Waals surface area contributed by atoms with Crippen LogP contribution in [0, 0.1) is 0 Å². The third-order valence-electron chi connectivity index (χ3n) is 4.67. The molecule has 154 valence electrons. The lowest BCUT2D eigenvalue weighted by molar-refractivity contribution is -0.274. The van der Waals surface area contributed by atoms with Crippen molar-refractivity contribution in [3.8, 4) is 11.5 Å². The fraction of sp³-hybridized carbons (Fsp3) is 0.500. The van der Waals surface area contributed by atoms with Crippen LogP contribution >= 0.6 is 0 Å². The number of hydrogen-bond donors (Lipinski definition) is 2. The molecule has 0 spiro atoms. The summed E-state index contributed by atoms with van der Waals surface area (Å²) in [5, 5.41) is 12.7. The molecule has 0 saturated carbocycles. The molecule has 1 aliphatic rings. The molecule has 0 atom stereocenters. The maximum absolute atomic E-state index is 12.3. The predicted octanol–water partition coefficient (Wildman–Crippen LogP) is 3.44. The molecule has 10 heteroatoms. The second-order valence-corrected chi connectivity index (χ2v) is 7.49. The number of carbonyl (C=O) groups is 1. The highest BCUT2D eigenvalue weighted by atomic mass is 19.4. The number of phenolic OH excluding ortho intramolecular Hbond substituents is 1. The number of phenols is 1. The smallest absolute Gasteiger partial charge is 0.507 e. The first-order valence-electron chi connectivity index (χ1n) is 8.59. The summed E-state index contributed by atoms with van der Waals surface area (Å²) in [5.74, 6) is -1.24. The zero-order valence-electron chi connectivity index (χ0n) is 16.3. The molecule has 1 aromatic carbocycles. The highest BCUT2D eigenvalue weighted by Crippen LogP contribution is 2.39. The molecule has 1 saturated heterocycles. The van der Waals surface area contributed by atoms with E-state index in [2.05, 4.69) is 10.1 Å². The summed E-state index contributed by atoms with van der Waals surface area (Å²) >= 11 is 0. The number of hydrogen-bond acceptors (Lipinski definition) is 5. The second kappa shape index (κ2) is 7.67. The molecule has 1 aromatic rings. The predicted molar refractivity (Wildman–Crippen MR) is 97.5 cm³/mol. The highest BCUT2D eigenvalue weighted by molar-refractivity contribution is 6.56. The van der Waals surface area contributed by atoms with Crippen molar-refractivity contribution in [1.82, 2.24) is 5.32 Å². The van der Waals surface area contributed by atoms with Crippen LogP contribution in [-0.4, -0.2) is 42.2 Å². The molecule has 0 radical (unpaired) electrons. The van der Waals surface area contributed by atoms with Gasteiger partial charge in [-0.1, -0.05) is 6.08 Å². The molecule has 28 heavy (non-hydrogen) atoms. The van der Waals surface area contributed by atoms with Gasteiger partial charge in [0.15, 0.2) is 0 Å². The van der Waals surface area contributed by atoms with Gasteiger partial charge in [-0.3, -0.25) is 4.79 Å². The van der Waals surface area contributed by atoms with Crippen LogP contribution in [0.15, 0.2) is 23.7 Å². The molecule has 0 bridgehead atoms. The van der Waals surface area contributed by atoms with Gasteiger partial charge in [0.05, 0.1) is 11.2 Å². The Morgan fingerprint density at radius 1 is 1.25 bits per heavy atom. The van der Waals surface area contributed by atoms with Crippen molar-refractivity contribution in [2.45, 2.75) is 52.2 Å². The van der Waals surface area contributed by atoms with E-state index in [0.717, 1.165) is 12.1 Å². The zero-order valence-corrected chi connectivity index (χ0v) is 16.3. The Hall–Kier alpha value is -2.20. The second-order valence-electron chi connectivity index (χ2n) is 7.49. The number of halogens is 3. The lowest BCUT2D eigenvalue weighted by Gasteiger charge is -2.32. The van der Waals surface area contributed by atoms with E-state index in [4.69, 9.17) is 9.31 Å². The van der Waals surface area contributed by atoms with Crippen LogP contribution in [-0.2, 0) is 14.1 Å². The Bertz CT molecular complexity index is 761. The van der Waals surface area contributed by atoms with Crippen LogP contribution in [0.5, 0.6) is 11.5 Å². The largest absolute Gasteiger partial charge is 0.573 e. The number of rotatable bonds is 5. The van der Waals surface area contributed by atoms with Gasteiger partial charge in [-0.2, -0.15) is 0 Å². The first-order chi connectivity index (χ1) is 12.7. The Morgan fingerprint density at radius 2 is 1.82 bits per heavy atom. The Balaban J connectivity index is 2.33. The van der Waals surface area contributed by atoms with E-state index in [1.165, 1.54) is 19.1 Å². The highest BCUT2D eigenvalue weighted by Gasteiger charge is 2.52. The normalized spacial score (nSPS) is 18.9. The third-order valence-corrected chi connectivity index (χ3v) is 4.67. The van der Waals surface area contributed by atoms with E-state index >= 15 is 0 Å². The monoisotopic (exact) mass is 401 g/mol. The maximum atomic E-state index is 12.3. The van der Waals surface area contributed by atoms with E-state index in [9.17, 15) is 23.1 Å². The van der Waals surface area contributed by atoms with Crippen LogP contribution in [0.25, 0.3) is 6.08 Å². The minimum atomic E-state index is -4.86. The fourth-order valence-electron chi connectivity index (χ4n) is 2.47. The van der Waals surface area contributed by atoms with Gasteiger partial charge in [0, 0.05) is 25.1 Å². The summed E-state index contributed by atoms with van der Waals surface area (Å²) in [6, 6.07) is 3.22. The molecule has 1 amide bonds. The van der Waals surface area contributed by atoms with E-state index in [1.807, 2.05) is 27.7 Å². The summed E-state index contributed by atoms with van der Waals surface area (Å²) in [7, 11) is -0.803. The molecule has 1 aliphatic heterocycles. The van der Waals surface area contributed by atoms with Crippen LogP contribution < -0.4 is 10.1 Å². The molecule has 2 rings (SSSR count). The van der Waals surface area contributed by atoms with Crippen LogP contribution in [0.3, 0.4) is 0 Å². The minimum absolute atomic E-state index is 0.0758. The van der Waals surface area contributed by atoms with Gasteiger partial charge in [0.1, 0.15) is 11.5 Å². The molecule has 1 fully saturated rings. The number of aromatic hydroxyl groups is 1. The van der Waals surface area contributed by atoms with E-state index in [-0.39, 0.29) is 18.0 Å². The lowest BCUT2D eigenvalue weighted by Crippen LogP contribution is -2.41. The van der Waals surface area contributed by atoms with Gasteiger partial charge >= 0.3 is 13.5 Å². The summed E-state index contributed by atoms with van der Waals surface area (Å²) < 4.78 is 52.7. The van der Waals surface area contributed by atoms with Gasteiger partial charge in [-0.25, -0.2) is 0 Å². The minimum Gasteiger partial charge on any atom is -0.507 e. The summed E-state index contributed by atoms with van der Waals surface area (Å²) in [6.45, 7) is 8.88. The Morgan fingerprint density at radius 3 is 2.29 bits per heavy atom. The summed E-state index contributed by atoms with van der Waals surface area (Å²) in [6.07, 6.45) is -3.35. The van der Waals surface area contributed by atoms with Gasteiger partial charge < -0.3 is 24.5 Å². The van der Waals surface area contributed by atoms with E-state index in [0.29, 0.717) is 5.47 Å². The summed E-state index contributed by atoms with van der Waals surface area (Å²) in [5.41, 5.74) is -0.531. The van der Waals surface area contributed by atoms with Crippen molar-refractivity contribution in [3.05, 3.63) is 29.2 Å². The number of amides is 1. The van der Waals surface area contributed by atoms with Gasteiger partial charge in [0.2, 0.25) is 5.91 Å². The SMILES string of the molecule is CC(=O)NCC(=Cc1ccc(OC(F)(F)F)cc1O)B1OC(C)(C)C(C)(C)O1. The van der Waals surface area contributed by atoms with Crippen molar-refractivity contribution in [2.24, 2.45) is 0 Å². The lowest BCUT2D eigenvalue weighted by atomic mass is 9.77. The standard InChI is InChI=1S/C18H23BF3NO5/c1-11(24)23-10-13(19-27-16(2,3)17(4,5)28-19)8-12-6-7-14(9-15(12)25)26-18(20,21)22/h6-9,25H,10H2,1-5H3,(H,23,24). The van der Waals surface area contributed by atoms with E-state index < -0.39 is 36.2 Å². The van der Waals surface area contributed by atoms with Crippen LogP contribution in [0.4, 0.5) is 13.2 Å². The number of ether oxygens (including phenoxy) is 1. The Labute approximate surface area is 161 Å². The average molecular weight is 401 g/mol. The molecular formula is C18H23BF3NO5. The molecule has 1 heterocycles. The van der Waals surface area contributed by atoms with Gasteiger partial charge in [-0.05, 0) is 45.3 Å². The van der Waals surface area contributed by atoms with Crippen molar-refractivity contribution in [3.63, 3.8) is 0 Å². The quantitative estimate of drug-likeness (QED) is 0.740. The molecule has 2 N–H and O–H groups in total. The molecule has 6 nitrogen and oxygen atoms in total.